The first-order chi connectivity index (χ1) is 13.8. The van der Waals surface area contributed by atoms with Crippen LogP contribution in [0.15, 0.2) is 60.8 Å². The minimum atomic E-state index is 0.0939. The summed E-state index contributed by atoms with van der Waals surface area (Å²) in [5, 5.41) is 24.5. The van der Waals surface area contributed by atoms with E-state index < -0.39 is 0 Å². The van der Waals surface area contributed by atoms with Crippen molar-refractivity contribution in [3.8, 4) is 11.1 Å². The molecular formula is C21H20ClN5O. The Morgan fingerprint density at radius 3 is 2.71 bits per heavy atom. The fraction of sp³-hybridized carbons (Fsp3) is 0.143. The predicted octanol–water partition coefficient (Wildman–Crippen LogP) is 4.10. The summed E-state index contributed by atoms with van der Waals surface area (Å²) in [6.45, 7) is 1.21. The number of nitrogens with one attached hydrogen (secondary N) is 3. The molecule has 0 saturated carbocycles. The fourth-order valence-electron chi connectivity index (χ4n) is 3.11. The number of halogens is 1. The van der Waals surface area contributed by atoms with Crippen LogP contribution >= 0.6 is 11.6 Å². The van der Waals surface area contributed by atoms with E-state index in [-0.39, 0.29) is 6.61 Å². The summed E-state index contributed by atoms with van der Waals surface area (Å²) in [5.41, 5.74) is 4.46. The molecule has 0 spiro atoms. The van der Waals surface area contributed by atoms with Gasteiger partial charge in [0.2, 0.25) is 0 Å². The first kappa shape index (κ1) is 18.4. The van der Waals surface area contributed by atoms with E-state index in [2.05, 4.69) is 25.8 Å². The lowest BCUT2D eigenvalue weighted by atomic mass is 10.1. The third kappa shape index (κ3) is 3.71. The van der Waals surface area contributed by atoms with Crippen LogP contribution in [0, 0.1) is 0 Å². The van der Waals surface area contributed by atoms with Crippen molar-refractivity contribution < 1.29 is 5.11 Å². The van der Waals surface area contributed by atoms with Crippen LogP contribution in [0.3, 0.4) is 0 Å². The quantitative estimate of drug-likeness (QED) is 0.355. The molecule has 0 aliphatic carbocycles. The second kappa shape index (κ2) is 8.39. The van der Waals surface area contributed by atoms with Crippen molar-refractivity contribution in [2.45, 2.75) is 6.54 Å². The number of anilines is 2. The lowest BCUT2D eigenvalue weighted by Crippen LogP contribution is -2.17. The number of benzene rings is 2. The number of nitrogens with zero attached hydrogens (tertiary/aromatic N) is 2. The van der Waals surface area contributed by atoms with Gasteiger partial charge in [0, 0.05) is 30.2 Å². The Kier molecular flexibility index (Phi) is 5.53. The van der Waals surface area contributed by atoms with Crippen LogP contribution in [-0.2, 0) is 6.54 Å². The Labute approximate surface area is 167 Å². The van der Waals surface area contributed by atoms with Crippen molar-refractivity contribution in [2.24, 2.45) is 0 Å². The number of aromatic nitrogens is 3. The largest absolute Gasteiger partial charge is 0.395 e. The third-order valence-electron chi connectivity index (χ3n) is 4.48. The van der Waals surface area contributed by atoms with Gasteiger partial charge in [0.1, 0.15) is 5.52 Å². The maximum absolute atomic E-state index is 8.93. The number of H-pyrrole nitrogens is 1. The van der Waals surface area contributed by atoms with Gasteiger partial charge in [-0.25, -0.2) is 4.98 Å². The molecule has 0 fully saturated rings. The van der Waals surface area contributed by atoms with Gasteiger partial charge in [-0.1, -0.05) is 54.1 Å². The summed E-state index contributed by atoms with van der Waals surface area (Å²) in [5.74, 6) is 0.634. The second-order valence-corrected chi connectivity index (χ2v) is 6.69. The summed E-state index contributed by atoms with van der Waals surface area (Å²) >= 11 is 6.68. The fourth-order valence-corrected chi connectivity index (χ4v) is 3.39. The molecule has 142 valence electrons. The molecule has 6 nitrogen and oxygen atoms in total. The van der Waals surface area contributed by atoms with Crippen molar-refractivity contribution in [3.63, 3.8) is 0 Å². The zero-order valence-electron chi connectivity index (χ0n) is 15.1. The molecule has 4 N–H and O–H groups in total. The molecule has 0 atom stereocenters. The lowest BCUT2D eigenvalue weighted by Gasteiger charge is -2.12. The van der Waals surface area contributed by atoms with Gasteiger partial charge in [-0.2, -0.15) is 5.10 Å². The topological polar surface area (TPSA) is 85.9 Å². The highest BCUT2D eigenvalue weighted by atomic mass is 35.5. The summed E-state index contributed by atoms with van der Waals surface area (Å²) in [6, 6.07) is 17.8. The molecule has 0 aliphatic heterocycles. The van der Waals surface area contributed by atoms with Crippen molar-refractivity contribution in [3.05, 3.63) is 71.5 Å². The van der Waals surface area contributed by atoms with Crippen molar-refractivity contribution in [1.29, 1.82) is 0 Å². The van der Waals surface area contributed by atoms with E-state index in [1.54, 1.807) is 6.20 Å². The molecular weight excluding hydrogens is 374 g/mol. The smallest absolute Gasteiger partial charge is 0.158 e. The van der Waals surface area contributed by atoms with E-state index in [0.29, 0.717) is 23.9 Å². The molecule has 0 saturated heterocycles. The van der Waals surface area contributed by atoms with Gasteiger partial charge in [-0.3, -0.25) is 5.10 Å². The number of hydrogen-bond acceptors (Lipinski definition) is 5. The molecule has 2 aromatic carbocycles. The first-order valence-electron chi connectivity index (χ1n) is 9.02. The third-order valence-corrected chi connectivity index (χ3v) is 4.89. The lowest BCUT2D eigenvalue weighted by molar-refractivity contribution is 0.292. The van der Waals surface area contributed by atoms with Crippen LogP contribution in [0.1, 0.15) is 5.69 Å². The SMILES string of the molecule is OCCNCc1[nH]nc2c(Nc3cccc(-c4ccccc4)c3Cl)nccc12. The number of aromatic amines is 1. The van der Waals surface area contributed by atoms with Gasteiger partial charge in [0.15, 0.2) is 5.82 Å². The number of hydrogen-bond donors (Lipinski definition) is 4. The molecule has 0 bridgehead atoms. The van der Waals surface area contributed by atoms with Gasteiger partial charge < -0.3 is 15.7 Å². The average molecular weight is 394 g/mol. The first-order valence-corrected chi connectivity index (χ1v) is 9.40. The van der Waals surface area contributed by atoms with E-state index in [0.717, 1.165) is 33.4 Å². The number of aliphatic hydroxyl groups is 1. The normalized spacial score (nSPS) is 11.1. The Bertz CT molecular complexity index is 1080. The van der Waals surface area contributed by atoms with Gasteiger partial charge in [0.25, 0.3) is 0 Å². The van der Waals surface area contributed by atoms with E-state index in [4.69, 9.17) is 16.7 Å². The van der Waals surface area contributed by atoms with E-state index >= 15 is 0 Å². The summed E-state index contributed by atoms with van der Waals surface area (Å²) < 4.78 is 0. The maximum Gasteiger partial charge on any atom is 0.158 e. The summed E-state index contributed by atoms with van der Waals surface area (Å²) in [6.07, 6.45) is 1.74. The molecule has 4 rings (SSSR count). The van der Waals surface area contributed by atoms with Crippen LogP contribution in [0.25, 0.3) is 22.0 Å². The standard InChI is InChI=1S/C21H20ClN5O/c22-19-15(14-5-2-1-3-6-14)7-4-8-17(19)25-21-20-16(9-10-24-21)18(26-27-20)13-23-11-12-28/h1-10,23,28H,11-13H2,(H,24,25)(H,26,27). The Morgan fingerprint density at radius 1 is 1.04 bits per heavy atom. The number of fused-ring (bicyclic) bond motifs is 1. The highest BCUT2D eigenvalue weighted by molar-refractivity contribution is 6.36. The highest BCUT2D eigenvalue weighted by Gasteiger charge is 2.13. The second-order valence-electron chi connectivity index (χ2n) is 6.32. The zero-order chi connectivity index (χ0) is 19.3. The van der Waals surface area contributed by atoms with Crippen LogP contribution in [0.2, 0.25) is 5.02 Å². The van der Waals surface area contributed by atoms with E-state index in [9.17, 15) is 0 Å². The van der Waals surface area contributed by atoms with E-state index in [1.807, 2.05) is 54.6 Å². The minimum absolute atomic E-state index is 0.0939. The Balaban J connectivity index is 1.66. The number of pyridine rings is 1. The molecule has 0 amide bonds. The van der Waals surface area contributed by atoms with Gasteiger partial charge in [0.05, 0.1) is 23.0 Å². The molecule has 2 heterocycles. The molecule has 7 heteroatoms. The summed E-state index contributed by atoms with van der Waals surface area (Å²) in [4.78, 5) is 4.44. The van der Waals surface area contributed by atoms with Crippen LogP contribution < -0.4 is 10.6 Å². The molecule has 4 aromatic rings. The van der Waals surface area contributed by atoms with Crippen LogP contribution in [-0.4, -0.2) is 33.4 Å². The maximum atomic E-state index is 8.93. The molecule has 2 aromatic heterocycles. The van der Waals surface area contributed by atoms with Gasteiger partial charge in [-0.15, -0.1) is 0 Å². The monoisotopic (exact) mass is 393 g/mol. The number of aliphatic hydroxyl groups excluding tert-OH is 1. The highest BCUT2D eigenvalue weighted by Crippen LogP contribution is 2.35. The summed E-state index contributed by atoms with van der Waals surface area (Å²) in [7, 11) is 0. The molecule has 0 unspecified atom stereocenters. The van der Waals surface area contributed by atoms with Crippen molar-refractivity contribution in [2.75, 3.05) is 18.5 Å². The van der Waals surface area contributed by atoms with Crippen molar-refractivity contribution >= 4 is 34.0 Å². The Morgan fingerprint density at radius 2 is 1.89 bits per heavy atom. The van der Waals surface area contributed by atoms with Crippen LogP contribution in [0.5, 0.6) is 0 Å². The van der Waals surface area contributed by atoms with Gasteiger partial charge in [-0.05, 0) is 17.7 Å². The Hall–Kier alpha value is -2.93. The minimum Gasteiger partial charge on any atom is -0.395 e. The predicted molar refractivity (Wildman–Crippen MR) is 113 cm³/mol. The van der Waals surface area contributed by atoms with Crippen LogP contribution in [0.4, 0.5) is 11.5 Å². The number of rotatable bonds is 7. The van der Waals surface area contributed by atoms with E-state index in [1.165, 1.54) is 0 Å². The molecule has 28 heavy (non-hydrogen) atoms. The van der Waals surface area contributed by atoms with Crippen molar-refractivity contribution in [1.82, 2.24) is 20.5 Å². The molecule has 0 radical (unpaired) electrons. The molecule has 0 aliphatic rings. The zero-order valence-corrected chi connectivity index (χ0v) is 15.9. The average Bonchev–Trinajstić information content (AvgIpc) is 3.15. The van der Waals surface area contributed by atoms with Gasteiger partial charge >= 0.3 is 0 Å².